The molecule has 0 saturated heterocycles. The monoisotopic (exact) mass is 318 g/mol. The summed E-state index contributed by atoms with van der Waals surface area (Å²) in [5, 5.41) is 2.55. The van der Waals surface area contributed by atoms with Gasteiger partial charge in [0.15, 0.2) is 0 Å². The van der Waals surface area contributed by atoms with Crippen LogP contribution in [0.3, 0.4) is 0 Å². The van der Waals surface area contributed by atoms with E-state index in [1.807, 2.05) is 19.1 Å². The molecule has 23 heavy (non-hydrogen) atoms. The molecule has 1 heterocycles. The van der Waals surface area contributed by atoms with Crippen molar-refractivity contribution in [2.45, 2.75) is 19.3 Å². The van der Waals surface area contributed by atoms with Gasteiger partial charge in [-0.25, -0.2) is 8.78 Å². The Morgan fingerprint density at radius 2 is 2.09 bits per heavy atom. The zero-order chi connectivity index (χ0) is 16.6. The first-order valence-corrected chi connectivity index (χ1v) is 7.20. The number of aromatic nitrogens is 1. The van der Waals surface area contributed by atoms with Gasteiger partial charge in [-0.15, -0.1) is 0 Å². The minimum Gasteiger partial charge on any atom is -0.495 e. The minimum atomic E-state index is -2.87. The highest BCUT2D eigenvalue weighted by molar-refractivity contribution is 5.95. The molecule has 1 amide bonds. The second-order valence-electron chi connectivity index (χ2n) is 5.62. The van der Waals surface area contributed by atoms with E-state index in [0.717, 1.165) is 16.8 Å². The molecule has 1 N–H and O–H groups in total. The van der Waals surface area contributed by atoms with Crippen molar-refractivity contribution in [3.63, 3.8) is 0 Å². The lowest BCUT2D eigenvalue weighted by Gasteiger charge is -2.10. The normalized spacial score (nSPS) is 18.3. The first-order chi connectivity index (χ1) is 10.9. The molecule has 1 aliphatic carbocycles. The highest BCUT2D eigenvalue weighted by Crippen LogP contribution is 2.49. The van der Waals surface area contributed by atoms with Crippen LogP contribution in [0.15, 0.2) is 36.5 Å². The van der Waals surface area contributed by atoms with E-state index in [-0.39, 0.29) is 6.42 Å². The summed E-state index contributed by atoms with van der Waals surface area (Å²) in [5.41, 5.74) is 3.00. The van der Waals surface area contributed by atoms with Crippen LogP contribution in [0.1, 0.15) is 12.0 Å². The topological polar surface area (TPSA) is 51.2 Å². The fourth-order valence-corrected chi connectivity index (χ4v) is 2.36. The number of pyridine rings is 1. The van der Waals surface area contributed by atoms with Crippen LogP contribution in [0, 0.1) is 12.8 Å². The number of benzene rings is 1. The average molecular weight is 318 g/mol. The van der Waals surface area contributed by atoms with Crippen LogP contribution >= 0.6 is 0 Å². The summed E-state index contributed by atoms with van der Waals surface area (Å²) in [4.78, 5) is 16.1. The largest absolute Gasteiger partial charge is 0.495 e. The summed E-state index contributed by atoms with van der Waals surface area (Å²) in [5.74, 6) is -4.08. The number of halogens is 2. The van der Waals surface area contributed by atoms with Gasteiger partial charge in [0, 0.05) is 17.7 Å². The summed E-state index contributed by atoms with van der Waals surface area (Å²) < 4.78 is 31.0. The Labute approximate surface area is 132 Å². The highest BCUT2D eigenvalue weighted by Gasteiger charge is 2.61. The molecular formula is C17H16F2N2O2. The molecule has 1 fully saturated rings. The van der Waals surface area contributed by atoms with Gasteiger partial charge in [-0.3, -0.25) is 9.78 Å². The number of nitrogens with one attached hydrogen (secondary N) is 1. The number of hydrogen-bond donors (Lipinski definition) is 1. The van der Waals surface area contributed by atoms with Crippen molar-refractivity contribution in [1.29, 1.82) is 0 Å². The molecule has 0 spiro atoms. The molecular weight excluding hydrogens is 302 g/mol. The van der Waals surface area contributed by atoms with E-state index in [2.05, 4.69) is 10.3 Å². The molecule has 1 atom stereocenters. The van der Waals surface area contributed by atoms with Crippen LogP contribution in [0.2, 0.25) is 0 Å². The number of ether oxygens (including phenoxy) is 1. The van der Waals surface area contributed by atoms with Crippen molar-refractivity contribution in [3.8, 4) is 17.0 Å². The Morgan fingerprint density at radius 1 is 1.35 bits per heavy atom. The highest BCUT2D eigenvalue weighted by atomic mass is 19.3. The zero-order valence-corrected chi connectivity index (χ0v) is 12.8. The molecule has 1 aliphatic rings. The lowest BCUT2D eigenvalue weighted by molar-refractivity contribution is -0.119. The van der Waals surface area contributed by atoms with Gasteiger partial charge in [0.2, 0.25) is 5.91 Å². The van der Waals surface area contributed by atoms with Gasteiger partial charge in [-0.05, 0) is 36.8 Å². The van der Waals surface area contributed by atoms with Crippen LogP contribution in [0.5, 0.6) is 5.75 Å². The van der Waals surface area contributed by atoms with Gasteiger partial charge in [0.25, 0.3) is 5.92 Å². The van der Waals surface area contributed by atoms with Gasteiger partial charge in [-0.2, -0.15) is 0 Å². The standard InChI is InChI=1S/C17H16F2N2O2/c1-10-3-4-11(21-16(22)14-8-17(14,18)19)7-13(10)15-6-5-12(23-2)9-20-15/h3-7,9,14H,8H2,1-2H3,(H,21,22)/t14-/m1/s1. The Kier molecular flexibility index (Phi) is 3.75. The average Bonchev–Trinajstić information content (AvgIpc) is 3.18. The second-order valence-corrected chi connectivity index (χ2v) is 5.62. The van der Waals surface area contributed by atoms with Crippen molar-refractivity contribution in [2.75, 3.05) is 12.4 Å². The van der Waals surface area contributed by atoms with Crippen molar-refractivity contribution in [2.24, 2.45) is 5.92 Å². The van der Waals surface area contributed by atoms with Gasteiger partial charge < -0.3 is 10.1 Å². The third-order valence-electron chi connectivity index (χ3n) is 3.90. The number of rotatable bonds is 4. The molecule has 1 saturated carbocycles. The maximum Gasteiger partial charge on any atom is 0.260 e. The van der Waals surface area contributed by atoms with Crippen molar-refractivity contribution >= 4 is 11.6 Å². The number of methoxy groups -OCH3 is 1. The number of carbonyl (C=O) groups excluding carboxylic acids is 1. The van der Waals surface area contributed by atoms with Gasteiger partial charge in [0.05, 0.1) is 19.0 Å². The van der Waals surface area contributed by atoms with Crippen LogP contribution in [0.4, 0.5) is 14.5 Å². The fraction of sp³-hybridized carbons (Fsp3) is 0.294. The summed E-state index contributed by atoms with van der Waals surface area (Å²) in [6.07, 6.45) is 1.22. The number of alkyl halides is 2. The number of amides is 1. The van der Waals surface area contributed by atoms with Crippen molar-refractivity contribution < 1.29 is 18.3 Å². The van der Waals surface area contributed by atoms with Crippen LogP contribution in [-0.4, -0.2) is 23.9 Å². The molecule has 1 aromatic carbocycles. The lowest BCUT2D eigenvalue weighted by Crippen LogP contribution is -2.17. The van der Waals surface area contributed by atoms with E-state index in [9.17, 15) is 13.6 Å². The smallest absolute Gasteiger partial charge is 0.260 e. The molecule has 0 radical (unpaired) electrons. The summed E-state index contributed by atoms with van der Waals surface area (Å²) in [7, 11) is 1.56. The van der Waals surface area contributed by atoms with Crippen LogP contribution in [-0.2, 0) is 4.79 Å². The van der Waals surface area contributed by atoms with Gasteiger partial charge in [0.1, 0.15) is 11.7 Å². The third-order valence-corrected chi connectivity index (χ3v) is 3.90. The minimum absolute atomic E-state index is 0.377. The summed E-state index contributed by atoms with van der Waals surface area (Å²) >= 11 is 0. The van der Waals surface area contributed by atoms with Gasteiger partial charge in [-0.1, -0.05) is 6.07 Å². The molecule has 1 aromatic heterocycles. The van der Waals surface area contributed by atoms with E-state index in [4.69, 9.17) is 4.74 Å². The maximum absolute atomic E-state index is 12.9. The van der Waals surface area contributed by atoms with Crippen LogP contribution in [0.25, 0.3) is 11.3 Å². The van der Waals surface area contributed by atoms with E-state index >= 15 is 0 Å². The SMILES string of the molecule is COc1ccc(-c2cc(NC(=O)[C@H]3CC3(F)F)ccc2C)nc1. The van der Waals surface area contributed by atoms with Gasteiger partial charge >= 0.3 is 0 Å². The van der Waals surface area contributed by atoms with Crippen LogP contribution < -0.4 is 10.1 Å². The molecule has 4 nitrogen and oxygen atoms in total. The summed E-state index contributed by atoms with van der Waals surface area (Å²) in [6, 6.07) is 8.85. The number of aryl methyl sites for hydroxylation is 1. The van der Waals surface area contributed by atoms with Crippen molar-refractivity contribution in [1.82, 2.24) is 4.98 Å². The maximum atomic E-state index is 12.9. The van der Waals surface area contributed by atoms with E-state index < -0.39 is 17.7 Å². The number of carbonyl (C=O) groups is 1. The predicted octanol–water partition coefficient (Wildman–Crippen LogP) is 3.66. The number of nitrogens with zero attached hydrogens (tertiary/aromatic N) is 1. The molecule has 0 unspecified atom stereocenters. The molecule has 3 rings (SSSR count). The van der Waals surface area contributed by atoms with E-state index in [0.29, 0.717) is 11.4 Å². The first-order valence-electron chi connectivity index (χ1n) is 7.20. The quantitative estimate of drug-likeness (QED) is 0.936. The molecule has 6 heteroatoms. The lowest BCUT2D eigenvalue weighted by atomic mass is 10.0. The molecule has 2 aromatic rings. The molecule has 0 aliphatic heterocycles. The number of anilines is 1. The Bertz CT molecular complexity index is 745. The zero-order valence-electron chi connectivity index (χ0n) is 12.8. The third kappa shape index (κ3) is 3.16. The van der Waals surface area contributed by atoms with E-state index in [1.165, 1.54) is 0 Å². The fourth-order valence-electron chi connectivity index (χ4n) is 2.36. The number of hydrogen-bond acceptors (Lipinski definition) is 3. The molecule has 120 valence electrons. The summed E-state index contributed by atoms with van der Waals surface area (Å²) in [6.45, 7) is 1.92. The predicted molar refractivity (Wildman–Crippen MR) is 82.6 cm³/mol. The Morgan fingerprint density at radius 3 is 2.65 bits per heavy atom. The second kappa shape index (κ2) is 5.61. The van der Waals surface area contributed by atoms with Crippen molar-refractivity contribution in [3.05, 3.63) is 42.1 Å². The Balaban J connectivity index is 1.82. The Hall–Kier alpha value is -2.50. The molecule has 0 bridgehead atoms. The van der Waals surface area contributed by atoms with E-state index in [1.54, 1.807) is 31.5 Å². The first kappa shape index (κ1) is 15.4.